The number of aromatic amines is 1. The summed E-state index contributed by atoms with van der Waals surface area (Å²) in [6, 6.07) is 9.69. The van der Waals surface area contributed by atoms with E-state index in [2.05, 4.69) is 15.3 Å². The Morgan fingerprint density at radius 1 is 1.19 bits per heavy atom. The van der Waals surface area contributed by atoms with Crippen LogP contribution in [0.1, 0.15) is 41.0 Å². The molecule has 4 aromatic rings. The number of pyridine rings is 1. The molecule has 12 heteroatoms. The molecule has 0 fully saturated rings. The summed E-state index contributed by atoms with van der Waals surface area (Å²) in [7, 11) is 4.37. The average molecular weight is 508 g/mol. The van der Waals surface area contributed by atoms with Gasteiger partial charge in [0.2, 0.25) is 5.78 Å². The summed E-state index contributed by atoms with van der Waals surface area (Å²) in [6.45, 7) is 0.230. The maximum atomic E-state index is 13.7. The minimum atomic E-state index is -0.632. The van der Waals surface area contributed by atoms with Crippen molar-refractivity contribution in [3.63, 3.8) is 0 Å². The van der Waals surface area contributed by atoms with Crippen molar-refractivity contribution >= 4 is 51.3 Å². The highest BCUT2D eigenvalue weighted by Gasteiger charge is 2.29. The predicted octanol–water partition coefficient (Wildman–Crippen LogP) is 3.86. The van der Waals surface area contributed by atoms with Gasteiger partial charge in [0.05, 0.1) is 28.0 Å². The maximum absolute atomic E-state index is 13.7. The van der Waals surface area contributed by atoms with E-state index in [-0.39, 0.29) is 29.1 Å². The van der Waals surface area contributed by atoms with Crippen molar-refractivity contribution in [1.29, 1.82) is 0 Å². The summed E-state index contributed by atoms with van der Waals surface area (Å²) in [5.41, 5.74) is 0.902. The van der Waals surface area contributed by atoms with Crippen molar-refractivity contribution in [3.05, 3.63) is 85.5 Å². The summed E-state index contributed by atoms with van der Waals surface area (Å²) in [5.74, 6) is -1.49. The Labute approximate surface area is 208 Å². The molecule has 0 unspecified atom stereocenters. The first kappa shape index (κ1) is 24.5. The Balaban J connectivity index is 1.72. The number of benzene rings is 1. The number of thiophene rings is 1. The predicted molar refractivity (Wildman–Crippen MR) is 134 cm³/mol. The fourth-order valence-corrected chi connectivity index (χ4v) is 4.61. The number of methoxy groups -OCH3 is 1. The summed E-state index contributed by atoms with van der Waals surface area (Å²) >= 11 is 1.18. The molecule has 0 atom stereocenters. The highest BCUT2D eigenvalue weighted by molar-refractivity contribution is 7.14. The zero-order valence-electron chi connectivity index (χ0n) is 19.5. The lowest BCUT2D eigenvalue weighted by Crippen LogP contribution is -2.24. The van der Waals surface area contributed by atoms with Gasteiger partial charge in [-0.15, -0.1) is 11.3 Å². The van der Waals surface area contributed by atoms with Gasteiger partial charge >= 0.3 is 11.7 Å². The van der Waals surface area contributed by atoms with E-state index in [9.17, 15) is 24.5 Å². The number of carbonyl (C=O) groups is 3. The van der Waals surface area contributed by atoms with Gasteiger partial charge < -0.3 is 19.9 Å². The highest BCUT2D eigenvalue weighted by Crippen LogP contribution is 2.32. The topological polar surface area (TPSA) is 148 Å². The van der Waals surface area contributed by atoms with E-state index in [1.54, 1.807) is 38.4 Å². The largest absolute Gasteiger partial charge is 0.465 e. The molecular formula is C24H21N5O6S. The van der Waals surface area contributed by atoms with Crippen molar-refractivity contribution < 1.29 is 24.0 Å². The molecule has 3 heterocycles. The molecule has 4 rings (SSSR count). The minimum Gasteiger partial charge on any atom is -0.465 e. The zero-order chi connectivity index (χ0) is 26.0. The third-order valence-electron chi connectivity index (χ3n) is 5.41. The Morgan fingerprint density at radius 2 is 1.97 bits per heavy atom. The number of anilines is 1. The van der Waals surface area contributed by atoms with Crippen LogP contribution in [0.4, 0.5) is 11.4 Å². The smallest absolute Gasteiger partial charge is 0.338 e. The van der Waals surface area contributed by atoms with Crippen LogP contribution in [0.25, 0.3) is 10.9 Å². The number of nitrogens with one attached hydrogen (secondary N) is 2. The Hall–Kier alpha value is -4.58. The van der Waals surface area contributed by atoms with Gasteiger partial charge in [-0.05, 0) is 30.3 Å². The number of nitro groups is 1. The van der Waals surface area contributed by atoms with Gasteiger partial charge in [-0.3, -0.25) is 24.7 Å². The number of aromatic nitrogens is 2. The zero-order valence-corrected chi connectivity index (χ0v) is 20.3. The van der Waals surface area contributed by atoms with E-state index in [0.29, 0.717) is 21.5 Å². The first-order chi connectivity index (χ1) is 17.2. The normalized spacial score (nSPS) is 10.8. The SMILES string of the molecule is COC(=O)c1cccc2[nH]c(C(=O)N(C)C)c(C(=O)c3ccc(CNc4ccncc4[N+](=O)[O-])s3)c12. The molecule has 3 aromatic heterocycles. The van der Waals surface area contributed by atoms with Gasteiger partial charge in [0.15, 0.2) is 0 Å². The first-order valence-electron chi connectivity index (χ1n) is 10.6. The van der Waals surface area contributed by atoms with Gasteiger partial charge in [-0.1, -0.05) is 6.07 Å². The summed E-state index contributed by atoms with van der Waals surface area (Å²) in [5, 5.41) is 14.5. The second-order valence-electron chi connectivity index (χ2n) is 7.89. The van der Waals surface area contributed by atoms with Crippen molar-refractivity contribution in [3.8, 4) is 0 Å². The third kappa shape index (κ3) is 4.53. The van der Waals surface area contributed by atoms with Gasteiger partial charge in [-0.2, -0.15) is 0 Å². The number of esters is 1. The van der Waals surface area contributed by atoms with Crippen LogP contribution in [0.3, 0.4) is 0 Å². The van der Waals surface area contributed by atoms with E-state index in [0.717, 1.165) is 11.1 Å². The molecule has 0 saturated heterocycles. The van der Waals surface area contributed by atoms with Crippen molar-refractivity contribution in [1.82, 2.24) is 14.9 Å². The number of amides is 1. The number of hydrogen-bond acceptors (Lipinski definition) is 9. The molecular weight excluding hydrogens is 486 g/mol. The molecule has 0 aliphatic carbocycles. The van der Waals surface area contributed by atoms with Crippen LogP contribution in [-0.2, 0) is 11.3 Å². The number of ether oxygens (including phenoxy) is 1. The number of fused-ring (bicyclic) bond motifs is 1. The van der Waals surface area contributed by atoms with Crippen molar-refractivity contribution in [2.75, 3.05) is 26.5 Å². The number of carbonyl (C=O) groups excluding carboxylic acids is 3. The molecule has 1 aromatic carbocycles. The van der Waals surface area contributed by atoms with E-state index >= 15 is 0 Å². The lowest BCUT2D eigenvalue weighted by atomic mass is 10.00. The van der Waals surface area contributed by atoms with Crippen LogP contribution < -0.4 is 5.32 Å². The lowest BCUT2D eigenvalue weighted by Gasteiger charge is -2.10. The van der Waals surface area contributed by atoms with Crippen molar-refractivity contribution in [2.45, 2.75) is 6.54 Å². The quantitative estimate of drug-likeness (QED) is 0.158. The number of hydrogen-bond donors (Lipinski definition) is 2. The monoisotopic (exact) mass is 507 g/mol. The summed E-state index contributed by atoms with van der Waals surface area (Å²) in [6.07, 6.45) is 2.60. The molecule has 0 aliphatic heterocycles. The van der Waals surface area contributed by atoms with E-state index in [4.69, 9.17) is 4.74 Å². The molecule has 0 radical (unpaired) electrons. The van der Waals surface area contributed by atoms with E-state index < -0.39 is 22.6 Å². The molecule has 1 amide bonds. The molecule has 0 bridgehead atoms. The molecule has 184 valence electrons. The molecule has 2 N–H and O–H groups in total. The Bertz CT molecular complexity index is 1510. The number of ketones is 1. The van der Waals surface area contributed by atoms with Crippen LogP contribution >= 0.6 is 11.3 Å². The molecule has 0 saturated carbocycles. The minimum absolute atomic E-state index is 0.0665. The van der Waals surface area contributed by atoms with Gasteiger partial charge in [-0.25, -0.2) is 4.79 Å². The number of H-pyrrole nitrogens is 1. The first-order valence-corrected chi connectivity index (χ1v) is 11.4. The maximum Gasteiger partial charge on any atom is 0.338 e. The van der Waals surface area contributed by atoms with Crippen LogP contribution in [0.2, 0.25) is 0 Å². The average Bonchev–Trinajstić information content (AvgIpc) is 3.51. The molecule has 36 heavy (non-hydrogen) atoms. The fourth-order valence-electron chi connectivity index (χ4n) is 3.72. The Kier molecular flexibility index (Phi) is 6.79. The molecule has 11 nitrogen and oxygen atoms in total. The summed E-state index contributed by atoms with van der Waals surface area (Å²) in [4.78, 5) is 58.9. The van der Waals surface area contributed by atoms with Crippen LogP contribution in [0.5, 0.6) is 0 Å². The lowest BCUT2D eigenvalue weighted by molar-refractivity contribution is -0.384. The van der Waals surface area contributed by atoms with Crippen molar-refractivity contribution in [2.24, 2.45) is 0 Å². The molecule has 0 aliphatic rings. The summed E-state index contributed by atoms with van der Waals surface area (Å²) < 4.78 is 4.89. The number of nitrogens with zero attached hydrogens (tertiary/aromatic N) is 3. The second-order valence-corrected chi connectivity index (χ2v) is 9.06. The van der Waals surface area contributed by atoms with Crippen LogP contribution in [0.15, 0.2) is 48.8 Å². The van der Waals surface area contributed by atoms with Crippen LogP contribution in [0, 0.1) is 10.1 Å². The van der Waals surface area contributed by atoms with Gasteiger partial charge in [0.1, 0.15) is 17.6 Å². The fraction of sp³-hybridized carbons (Fsp3) is 0.167. The standard InChI is InChI=1S/C24H21N5O6S/c1-28(2)23(31)21-20(19-14(24(32)35-3)5-4-6-16(19)27-21)22(30)18-8-7-13(36-18)11-26-15-9-10-25-12-17(15)29(33)34/h4-10,12,27H,11H2,1-3H3,(H,25,26). The Morgan fingerprint density at radius 3 is 2.67 bits per heavy atom. The third-order valence-corrected chi connectivity index (χ3v) is 6.50. The molecule has 0 spiro atoms. The van der Waals surface area contributed by atoms with E-state index in [1.807, 2.05) is 0 Å². The van der Waals surface area contributed by atoms with Gasteiger partial charge in [0.25, 0.3) is 5.91 Å². The van der Waals surface area contributed by atoms with E-state index in [1.165, 1.54) is 41.7 Å². The second kappa shape index (κ2) is 9.96. The number of rotatable bonds is 8. The van der Waals surface area contributed by atoms with Gasteiger partial charge in [0, 0.05) is 42.6 Å². The van der Waals surface area contributed by atoms with Crippen LogP contribution in [-0.4, -0.2) is 58.7 Å². The highest BCUT2D eigenvalue weighted by atomic mass is 32.1.